The highest BCUT2D eigenvalue weighted by Crippen LogP contribution is 2.24. The number of ketones is 1. The molecule has 2 rings (SSSR count). The van der Waals surface area contributed by atoms with Gasteiger partial charge in [0.05, 0.1) is 10.9 Å². The number of hydrogen-bond acceptors (Lipinski definition) is 2. The molecule has 0 aliphatic carbocycles. The van der Waals surface area contributed by atoms with E-state index in [4.69, 9.17) is 0 Å². The SMILES string of the molecule is O=C(CBr)c1ccc(C2CCCN2)cc1F. The fourth-order valence-electron chi connectivity index (χ4n) is 2.02. The van der Waals surface area contributed by atoms with Gasteiger partial charge in [-0.1, -0.05) is 22.0 Å². The highest BCUT2D eigenvalue weighted by Gasteiger charge is 2.18. The monoisotopic (exact) mass is 285 g/mol. The molecule has 4 heteroatoms. The van der Waals surface area contributed by atoms with Gasteiger partial charge in [-0.05, 0) is 37.1 Å². The topological polar surface area (TPSA) is 29.1 Å². The lowest BCUT2D eigenvalue weighted by Crippen LogP contribution is -2.13. The van der Waals surface area contributed by atoms with Crippen molar-refractivity contribution in [2.45, 2.75) is 18.9 Å². The second kappa shape index (κ2) is 5.06. The standard InChI is InChI=1S/C12H13BrFNO/c13-7-12(16)9-4-3-8(6-10(9)14)11-2-1-5-15-11/h3-4,6,11,15H,1-2,5,7H2. The molecule has 1 unspecified atom stereocenters. The molecule has 0 amide bonds. The summed E-state index contributed by atoms with van der Waals surface area (Å²) in [5.74, 6) is -0.640. The van der Waals surface area contributed by atoms with E-state index >= 15 is 0 Å². The Kier molecular flexibility index (Phi) is 3.71. The van der Waals surface area contributed by atoms with Gasteiger partial charge in [0.15, 0.2) is 5.78 Å². The summed E-state index contributed by atoms with van der Waals surface area (Å²) < 4.78 is 13.7. The van der Waals surface area contributed by atoms with Gasteiger partial charge in [-0.2, -0.15) is 0 Å². The maximum absolute atomic E-state index is 13.7. The number of nitrogens with one attached hydrogen (secondary N) is 1. The van der Waals surface area contributed by atoms with Crippen LogP contribution < -0.4 is 5.32 Å². The number of alkyl halides is 1. The molecule has 1 aromatic rings. The summed E-state index contributed by atoms with van der Waals surface area (Å²) >= 11 is 3.04. The van der Waals surface area contributed by atoms with Crippen LogP contribution in [0.3, 0.4) is 0 Å². The summed E-state index contributed by atoms with van der Waals surface area (Å²) in [6.45, 7) is 0.981. The van der Waals surface area contributed by atoms with Crippen LogP contribution >= 0.6 is 15.9 Å². The number of carbonyl (C=O) groups excluding carboxylic acids is 1. The van der Waals surface area contributed by atoms with Gasteiger partial charge < -0.3 is 5.32 Å². The van der Waals surface area contributed by atoms with Gasteiger partial charge in [-0.3, -0.25) is 4.79 Å². The van der Waals surface area contributed by atoms with Crippen LogP contribution in [0, 0.1) is 5.82 Å². The van der Waals surface area contributed by atoms with Gasteiger partial charge >= 0.3 is 0 Å². The molecule has 0 saturated carbocycles. The predicted octanol–water partition coefficient (Wildman–Crippen LogP) is 2.83. The number of carbonyl (C=O) groups is 1. The first-order valence-electron chi connectivity index (χ1n) is 5.34. The Morgan fingerprint density at radius 1 is 1.56 bits per heavy atom. The fraction of sp³-hybridized carbons (Fsp3) is 0.417. The Morgan fingerprint density at radius 3 is 2.94 bits per heavy atom. The zero-order valence-corrected chi connectivity index (χ0v) is 10.4. The summed E-state index contributed by atoms with van der Waals surface area (Å²) in [5.41, 5.74) is 1.10. The molecule has 1 N–H and O–H groups in total. The summed E-state index contributed by atoms with van der Waals surface area (Å²) in [7, 11) is 0. The first-order chi connectivity index (χ1) is 7.72. The molecule has 1 atom stereocenters. The molecule has 0 aromatic heterocycles. The van der Waals surface area contributed by atoms with E-state index < -0.39 is 5.82 Å². The van der Waals surface area contributed by atoms with Crippen LogP contribution in [0.25, 0.3) is 0 Å². The molecule has 0 spiro atoms. The van der Waals surface area contributed by atoms with Crippen molar-refractivity contribution in [2.24, 2.45) is 0 Å². The van der Waals surface area contributed by atoms with Gasteiger partial charge in [0.25, 0.3) is 0 Å². The molecule has 86 valence electrons. The molecule has 1 aliphatic rings. The fourth-order valence-corrected chi connectivity index (χ4v) is 2.32. The molecule has 1 fully saturated rings. The highest BCUT2D eigenvalue weighted by atomic mass is 79.9. The molecule has 16 heavy (non-hydrogen) atoms. The lowest BCUT2D eigenvalue weighted by molar-refractivity contribution is 0.102. The van der Waals surface area contributed by atoms with Crippen molar-refractivity contribution >= 4 is 21.7 Å². The third-order valence-electron chi connectivity index (χ3n) is 2.88. The van der Waals surface area contributed by atoms with Crippen LogP contribution in [-0.2, 0) is 0 Å². The molecule has 1 aromatic carbocycles. The van der Waals surface area contributed by atoms with Crippen LogP contribution in [0.15, 0.2) is 18.2 Å². The minimum absolute atomic E-state index is 0.158. The van der Waals surface area contributed by atoms with E-state index in [1.807, 2.05) is 6.07 Å². The molecular formula is C12H13BrFNO. The molecule has 0 radical (unpaired) electrons. The van der Waals surface area contributed by atoms with Crippen molar-refractivity contribution in [1.82, 2.24) is 5.32 Å². The van der Waals surface area contributed by atoms with Crippen molar-refractivity contribution in [3.8, 4) is 0 Å². The summed E-state index contributed by atoms with van der Waals surface area (Å²) in [5, 5.41) is 3.46. The van der Waals surface area contributed by atoms with E-state index in [9.17, 15) is 9.18 Å². The predicted molar refractivity (Wildman–Crippen MR) is 64.5 cm³/mol. The van der Waals surface area contributed by atoms with Crippen LogP contribution in [0.4, 0.5) is 4.39 Å². The first-order valence-corrected chi connectivity index (χ1v) is 6.46. The Hall–Kier alpha value is -0.740. The smallest absolute Gasteiger partial charge is 0.176 e. The van der Waals surface area contributed by atoms with Crippen molar-refractivity contribution in [2.75, 3.05) is 11.9 Å². The van der Waals surface area contributed by atoms with Crippen molar-refractivity contribution in [3.05, 3.63) is 35.1 Å². The van der Waals surface area contributed by atoms with E-state index in [-0.39, 0.29) is 22.7 Å². The lowest BCUT2D eigenvalue weighted by atomic mass is 10.0. The molecule has 1 saturated heterocycles. The first kappa shape index (κ1) is 11.7. The van der Waals surface area contributed by atoms with Crippen molar-refractivity contribution in [1.29, 1.82) is 0 Å². The Balaban J connectivity index is 2.25. The van der Waals surface area contributed by atoms with Gasteiger partial charge in [0, 0.05) is 6.04 Å². The third-order valence-corrected chi connectivity index (χ3v) is 3.39. The summed E-state index contributed by atoms with van der Waals surface area (Å²) in [6.07, 6.45) is 2.15. The zero-order chi connectivity index (χ0) is 11.5. The number of halogens is 2. The van der Waals surface area contributed by atoms with Gasteiger partial charge in [0.1, 0.15) is 5.82 Å². The molecule has 0 bridgehead atoms. The molecule has 1 aliphatic heterocycles. The van der Waals surface area contributed by atoms with Gasteiger partial charge in [0.2, 0.25) is 0 Å². The quantitative estimate of drug-likeness (QED) is 0.684. The maximum atomic E-state index is 13.7. The second-order valence-corrected chi connectivity index (χ2v) is 4.51. The van der Waals surface area contributed by atoms with E-state index in [0.717, 1.165) is 24.9 Å². The number of hydrogen-bond donors (Lipinski definition) is 1. The molecule has 1 heterocycles. The maximum Gasteiger partial charge on any atom is 0.176 e. The molecule has 2 nitrogen and oxygen atoms in total. The largest absolute Gasteiger partial charge is 0.310 e. The Bertz CT molecular complexity index is 402. The minimum Gasteiger partial charge on any atom is -0.310 e. The number of Topliss-reactive ketones (excluding diaryl/α,β-unsaturated/α-hetero) is 1. The van der Waals surface area contributed by atoms with Gasteiger partial charge in [-0.25, -0.2) is 4.39 Å². The average molecular weight is 286 g/mol. The van der Waals surface area contributed by atoms with Crippen molar-refractivity contribution < 1.29 is 9.18 Å². The highest BCUT2D eigenvalue weighted by molar-refractivity contribution is 9.09. The minimum atomic E-state index is -0.421. The average Bonchev–Trinajstić information content (AvgIpc) is 2.81. The van der Waals surface area contributed by atoms with Crippen LogP contribution in [0.2, 0.25) is 0 Å². The normalized spacial score (nSPS) is 20.0. The number of rotatable bonds is 3. The van der Waals surface area contributed by atoms with Crippen LogP contribution in [-0.4, -0.2) is 17.7 Å². The zero-order valence-electron chi connectivity index (χ0n) is 8.80. The summed E-state index contributed by atoms with van der Waals surface area (Å²) in [6, 6.07) is 5.12. The number of benzene rings is 1. The van der Waals surface area contributed by atoms with E-state index in [2.05, 4.69) is 21.2 Å². The van der Waals surface area contributed by atoms with E-state index in [1.165, 1.54) is 6.07 Å². The summed E-state index contributed by atoms with van der Waals surface area (Å²) in [4.78, 5) is 11.4. The van der Waals surface area contributed by atoms with Crippen LogP contribution in [0.1, 0.15) is 34.8 Å². The third kappa shape index (κ3) is 2.33. The molecular weight excluding hydrogens is 273 g/mol. The Morgan fingerprint density at radius 2 is 2.38 bits per heavy atom. The van der Waals surface area contributed by atoms with Crippen molar-refractivity contribution in [3.63, 3.8) is 0 Å². The Labute approximate surface area is 102 Å². The van der Waals surface area contributed by atoms with Gasteiger partial charge in [-0.15, -0.1) is 0 Å². The van der Waals surface area contributed by atoms with E-state index in [0.29, 0.717) is 0 Å². The second-order valence-electron chi connectivity index (χ2n) is 3.95. The van der Waals surface area contributed by atoms with Crippen LogP contribution in [0.5, 0.6) is 0 Å². The van der Waals surface area contributed by atoms with E-state index in [1.54, 1.807) is 6.07 Å². The lowest BCUT2D eigenvalue weighted by Gasteiger charge is -2.11.